The molecule has 0 aliphatic rings. The van der Waals surface area contributed by atoms with Crippen LogP contribution in [0.3, 0.4) is 0 Å². The van der Waals surface area contributed by atoms with Crippen molar-refractivity contribution in [2.24, 2.45) is 0 Å². The number of carbonyl (C=O) groups excluding carboxylic acids is 1. The fraction of sp³-hybridized carbons (Fsp3) is 0.320. The summed E-state index contributed by atoms with van der Waals surface area (Å²) in [5.41, 5.74) is 1.64. The van der Waals surface area contributed by atoms with E-state index in [1.165, 1.54) is 11.8 Å². The predicted octanol–water partition coefficient (Wildman–Crippen LogP) is 4.65. The van der Waals surface area contributed by atoms with E-state index < -0.39 is 15.1 Å². The molecule has 0 saturated carbocycles. The summed E-state index contributed by atoms with van der Waals surface area (Å²) in [6.07, 6.45) is 2.20. The Labute approximate surface area is 210 Å². The van der Waals surface area contributed by atoms with E-state index in [1.54, 1.807) is 59.2 Å². The maximum atomic E-state index is 12.9. The summed E-state index contributed by atoms with van der Waals surface area (Å²) in [7, 11) is -3.61. The molecule has 1 heterocycles. The molecule has 1 unspecified atom stereocenters. The van der Waals surface area contributed by atoms with Gasteiger partial charge in [-0.1, -0.05) is 42.5 Å². The molecule has 2 aromatic carbocycles. The van der Waals surface area contributed by atoms with Gasteiger partial charge in [0, 0.05) is 12.2 Å². The number of carbonyl (C=O) groups is 1. The van der Waals surface area contributed by atoms with Crippen LogP contribution in [-0.4, -0.2) is 40.9 Å². The summed E-state index contributed by atoms with van der Waals surface area (Å²) >= 11 is 1.25. The van der Waals surface area contributed by atoms with E-state index in [0.29, 0.717) is 36.2 Å². The SMILES string of the molecule is C=CCn1c(CS(=O)(=O)c2ccc(C)cc2)nnc1SC(CC)C(=O)Nc1ccc(OCC)cc1. The number of nitrogens with zero attached hydrogens (tertiary/aromatic N) is 3. The molecule has 0 radical (unpaired) electrons. The Kier molecular flexibility index (Phi) is 9.11. The van der Waals surface area contributed by atoms with Gasteiger partial charge in [0.2, 0.25) is 5.91 Å². The summed E-state index contributed by atoms with van der Waals surface area (Å²) in [4.78, 5) is 13.2. The third-order valence-electron chi connectivity index (χ3n) is 5.15. The minimum absolute atomic E-state index is 0.177. The molecule has 0 aliphatic carbocycles. The van der Waals surface area contributed by atoms with Gasteiger partial charge in [-0.15, -0.1) is 16.8 Å². The Morgan fingerprint density at radius 1 is 1.14 bits per heavy atom. The number of thioether (sulfide) groups is 1. The topological polar surface area (TPSA) is 103 Å². The number of allylic oxidation sites excluding steroid dienone is 1. The van der Waals surface area contributed by atoms with Crippen molar-refractivity contribution in [1.29, 1.82) is 0 Å². The summed E-state index contributed by atoms with van der Waals surface area (Å²) in [6.45, 7) is 10.4. The molecule has 35 heavy (non-hydrogen) atoms. The largest absolute Gasteiger partial charge is 0.494 e. The second-order valence-electron chi connectivity index (χ2n) is 7.83. The van der Waals surface area contributed by atoms with Gasteiger partial charge in [0.15, 0.2) is 15.0 Å². The van der Waals surface area contributed by atoms with Crippen molar-refractivity contribution in [2.75, 3.05) is 11.9 Å². The van der Waals surface area contributed by atoms with Gasteiger partial charge in [-0.05, 0) is 56.7 Å². The number of hydrogen-bond acceptors (Lipinski definition) is 7. The quantitative estimate of drug-likeness (QED) is 0.277. The van der Waals surface area contributed by atoms with Crippen molar-refractivity contribution >= 4 is 33.2 Å². The van der Waals surface area contributed by atoms with E-state index in [-0.39, 0.29) is 16.6 Å². The first-order chi connectivity index (χ1) is 16.8. The molecule has 0 saturated heterocycles. The Bertz CT molecular complexity index is 1250. The zero-order valence-electron chi connectivity index (χ0n) is 20.1. The van der Waals surface area contributed by atoms with Gasteiger partial charge in [0.25, 0.3) is 0 Å². The molecule has 0 bridgehead atoms. The second kappa shape index (κ2) is 12.0. The molecule has 1 amide bonds. The van der Waals surface area contributed by atoms with Crippen molar-refractivity contribution in [2.45, 2.75) is 54.8 Å². The van der Waals surface area contributed by atoms with Gasteiger partial charge in [0.1, 0.15) is 17.3 Å². The fourth-order valence-corrected chi connectivity index (χ4v) is 5.55. The fourth-order valence-electron chi connectivity index (χ4n) is 3.30. The number of sulfone groups is 1. The van der Waals surface area contributed by atoms with Crippen LogP contribution in [0.5, 0.6) is 5.75 Å². The van der Waals surface area contributed by atoms with Crippen LogP contribution in [0, 0.1) is 6.92 Å². The summed E-state index contributed by atoms with van der Waals surface area (Å²) in [6, 6.07) is 13.9. The lowest BCUT2D eigenvalue weighted by Gasteiger charge is -2.15. The smallest absolute Gasteiger partial charge is 0.237 e. The first-order valence-electron chi connectivity index (χ1n) is 11.3. The van der Waals surface area contributed by atoms with E-state index in [9.17, 15) is 13.2 Å². The van der Waals surface area contributed by atoms with E-state index in [4.69, 9.17) is 4.74 Å². The van der Waals surface area contributed by atoms with Crippen molar-refractivity contribution in [3.05, 3.63) is 72.6 Å². The van der Waals surface area contributed by atoms with Crippen LogP contribution in [0.25, 0.3) is 0 Å². The summed E-state index contributed by atoms with van der Waals surface area (Å²) in [5.74, 6) is 0.558. The third kappa shape index (κ3) is 6.95. The van der Waals surface area contributed by atoms with E-state index in [1.807, 2.05) is 20.8 Å². The number of nitrogens with one attached hydrogen (secondary N) is 1. The normalized spacial score (nSPS) is 12.2. The molecule has 1 atom stereocenters. The number of anilines is 1. The number of rotatable bonds is 12. The highest BCUT2D eigenvalue weighted by Gasteiger charge is 2.25. The Morgan fingerprint density at radius 2 is 1.83 bits per heavy atom. The van der Waals surface area contributed by atoms with Crippen molar-refractivity contribution < 1.29 is 17.9 Å². The Hall–Kier alpha value is -3.11. The molecule has 8 nitrogen and oxygen atoms in total. The molecule has 0 fully saturated rings. The molecule has 3 aromatic rings. The maximum absolute atomic E-state index is 12.9. The highest BCUT2D eigenvalue weighted by molar-refractivity contribution is 8.00. The lowest BCUT2D eigenvalue weighted by molar-refractivity contribution is -0.115. The van der Waals surface area contributed by atoms with Crippen LogP contribution in [0.2, 0.25) is 0 Å². The van der Waals surface area contributed by atoms with Crippen LogP contribution in [0.4, 0.5) is 5.69 Å². The number of ether oxygens (including phenoxy) is 1. The first-order valence-corrected chi connectivity index (χ1v) is 13.8. The van der Waals surface area contributed by atoms with Crippen molar-refractivity contribution in [1.82, 2.24) is 14.8 Å². The van der Waals surface area contributed by atoms with E-state index >= 15 is 0 Å². The number of hydrogen-bond donors (Lipinski definition) is 1. The summed E-state index contributed by atoms with van der Waals surface area (Å²) < 4.78 is 33.0. The number of benzene rings is 2. The molecule has 0 aliphatic heterocycles. The van der Waals surface area contributed by atoms with Crippen LogP contribution in [-0.2, 0) is 26.9 Å². The zero-order chi connectivity index (χ0) is 25.4. The minimum atomic E-state index is -3.61. The molecule has 1 aromatic heterocycles. The van der Waals surface area contributed by atoms with Crippen molar-refractivity contribution in [3.63, 3.8) is 0 Å². The van der Waals surface area contributed by atoms with Crippen LogP contribution >= 0.6 is 11.8 Å². The summed E-state index contributed by atoms with van der Waals surface area (Å²) in [5, 5.41) is 11.3. The van der Waals surface area contributed by atoms with E-state index in [0.717, 1.165) is 11.3 Å². The number of amides is 1. The van der Waals surface area contributed by atoms with Crippen LogP contribution in [0.15, 0.2) is 71.2 Å². The van der Waals surface area contributed by atoms with Crippen LogP contribution < -0.4 is 10.1 Å². The standard InChI is InChI=1S/C25H30N4O4S2/c1-5-16-29-23(17-35(31,32)21-14-8-18(4)9-15-21)27-28-25(29)34-22(6-2)24(30)26-19-10-12-20(13-11-19)33-7-3/h5,8-15,22H,1,6-7,16-17H2,2-4H3,(H,26,30). The zero-order valence-corrected chi connectivity index (χ0v) is 21.7. The van der Waals surface area contributed by atoms with E-state index in [2.05, 4.69) is 22.1 Å². The van der Waals surface area contributed by atoms with Crippen molar-refractivity contribution in [3.8, 4) is 5.75 Å². The lowest BCUT2D eigenvalue weighted by Crippen LogP contribution is -2.25. The second-order valence-corrected chi connectivity index (χ2v) is 11.0. The maximum Gasteiger partial charge on any atom is 0.237 e. The average Bonchev–Trinajstić information content (AvgIpc) is 3.19. The Morgan fingerprint density at radius 3 is 2.43 bits per heavy atom. The monoisotopic (exact) mass is 514 g/mol. The predicted molar refractivity (Wildman–Crippen MR) is 138 cm³/mol. The molecule has 10 heteroatoms. The van der Waals surface area contributed by atoms with Gasteiger partial charge >= 0.3 is 0 Å². The van der Waals surface area contributed by atoms with Gasteiger partial charge in [-0.3, -0.25) is 4.79 Å². The number of aromatic nitrogens is 3. The first kappa shape index (κ1) is 26.5. The third-order valence-corrected chi connectivity index (χ3v) is 8.12. The number of aryl methyl sites for hydroxylation is 1. The minimum Gasteiger partial charge on any atom is -0.494 e. The van der Waals surface area contributed by atoms with Crippen LogP contribution in [0.1, 0.15) is 31.7 Å². The average molecular weight is 515 g/mol. The highest BCUT2D eigenvalue weighted by Crippen LogP contribution is 2.27. The lowest BCUT2D eigenvalue weighted by atomic mass is 10.2. The van der Waals surface area contributed by atoms with Gasteiger partial charge in [0.05, 0.1) is 16.8 Å². The van der Waals surface area contributed by atoms with Gasteiger partial charge in [-0.25, -0.2) is 8.42 Å². The van der Waals surface area contributed by atoms with Gasteiger partial charge < -0.3 is 14.6 Å². The van der Waals surface area contributed by atoms with Gasteiger partial charge in [-0.2, -0.15) is 0 Å². The molecular weight excluding hydrogens is 484 g/mol. The highest BCUT2D eigenvalue weighted by atomic mass is 32.2. The molecule has 3 rings (SSSR count). The molecule has 186 valence electrons. The Balaban J connectivity index is 1.76. The molecule has 0 spiro atoms. The molecule has 1 N–H and O–H groups in total. The molecular formula is C25H30N4O4S2.